The lowest BCUT2D eigenvalue weighted by Crippen LogP contribution is -2.23. The van der Waals surface area contributed by atoms with E-state index in [0.29, 0.717) is 41.7 Å². The number of aromatic hydroxyl groups is 2. The van der Waals surface area contributed by atoms with Gasteiger partial charge in [-0.3, -0.25) is 0 Å². The van der Waals surface area contributed by atoms with Crippen LogP contribution in [0.1, 0.15) is 45.4 Å². The van der Waals surface area contributed by atoms with Gasteiger partial charge in [-0.25, -0.2) is 15.0 Å². The van der Waals surface area contributed by atoms with Crippen LogP contribution in [-0.2, 0) is 9.47 Å². The second-order valence-electron chi connectivity index (χ2n) is 9.67. The molecular formula is C30H41N3O8. The summed E-state index contributed by atoms with van der Waals surface area (Å²) in [5.74, 6) is 1.34. The van der Waals surface area contributed by atoms with Crippen molar-refractivity contribution in [3.8, 4) is 45.8 Å². The molecule has 0 radical (unpaired) electrons. The number of aliphatic hydroxyl groups excluding tert-OH is 2. The highest BCUT2D eigenvalue weighted by molar-refractivity contribution is 5.70. The summed E-state index contributed by atoms with van der Waals surface area (Å²) in [6.07, 6.45) is 2.32. The predicted octanol–water partition coefficient (Wildman–Crippen LogP) is 4.04. The van der Waals surface area contributed by atoms with E-state index in [1.165, 1.54) is 12.1 Å². The third kappa shape index (κ3) is 10.4. The minimum Gasteiger partial charge on any atom is -0.507 e. The molecule has 1 aromatic heterocycles. The third-order valence-electron chi connectivity index (χ3n) is 5.96. The fourth-order valence-electron chi connectivity index (χ4n) is 3.72. The molecule has 0 aliphatic heterocycles. The Hall–Kier alpha value is -3.51. The zero-order valence-corrected chi connectivity index (χ0v) is 24.0. The molecule has 3 rings (SSSR count). The Bertz CT molecular complexity index is 1140. The number of aliphatic hydroxyl groups is 2. The highest BCUT2D eigenvalue weighted by Crippen LogP contribution is 2.34. The van der Waals surface area contributed by atoms with Crippen molar-refractivity contribution >= 4 is 0 Å². The maximum Gasteiger partial charge on any atom is 0.167 e. The van der Waals surface area contributed by atoms with Crippen LogP contribution in [0, 0.1) is 6.92 Å². The summed E-state index contributed by atoms with van der Waals surface area (Å²) in [7, 11) is 0. The van der Waals surface area contributed by atoms with Crippen molar-refractivity contribution in [3.05, 3.63) is 42.2 Å². The number of nitrogens with zero attached hydrogens (tertiary/aromatic N) is 3. The van der Waals surface area contributed by atoms with Gasteiger partial charge in [-0.1, -0.05) is 26.7 Å². The number of rotatable bonds is 18. The average Bonchev–Trinajstić information content (AvgIpc) is 2.95. The van der Waals surface area contributed by atoms with Crippen LogP contribution < -0.4 is 9.47 Å². The Labute approximate surface area is 240 Å². The van der Waals surface area contributed by atoms with E-state index in [0.717, 1.165) is 25.7 Å². The zero-order valence-electron chi connectivity index (χ0n) is 24.0. The van der Waals surface area contributed by atoms with Crippen molar-refractivity contribution in [2.75, 3.05) is 39.6 Å². The van der Waals surface area contributed by atoms with Crippen LogP contribution >= 0.6 is 0 Å². The van der Waals surface area contributed by atoms with Crippen molar-refractivity contribution < 1.29 is 39.4 Å². The molecule has 0 saturated carbocycles. The molecule has 2 atom stereocenters. The highest BCUT2D eigenvalue weighted by atomic mass is 16.5. The second-order valence-corrected chi connectivity index (χ2v) is 9.67. The maximum absolute atomic E-state index is 10.7. The van der Waals surface area contributed by atoms with Gasteiger partial charge >= 0.3 is 0 Å². The van der Waals surface area contributed by atoms with Gasteiger partial charge in [0, 0.05) is 25.3 Å². The Morgan fingerprint density at radius 1 is 0.659 bits per heavy atom. The minimum absolute atomic E-state index is 0.0185. The van der Waals surface area contributed by atoms with Crippen LogP contribution in [0.15, 0.2) is 36.4 Å². The van der Waals surface area contributed by atoms with Gasteiger partial charge in [0.05, 0.1) is 24.3 Å². The standard InChI is InChI=1S/C30H41N3O8/c1-4-6-12-38-16-21(34)18-40-23-8-10-25(27(36)14-23)29-31-20(3)32-30(33-29)26-11-9-24(15-28(26)37)41-19-22(35)17-39-13-7-5-2/h8-11,14-15,21-22,34-37H,4-7,12-13,16-19H2,1-3H3. The molecular weight excluding hydrogens is 530 g/mol. The number of benzene rings is 2. The molecule has 11 nitrogen and oxygen atoms in total. The first-order valence-corrected chi connectivity index (χ1v) is 14.0. The Morgan fingerprint density at radius 3 is 1.49 bits per heavy atom. The molecule has 0 spiro atoms. The van der Waals surface area contributed by atoms with Crippen molar-refractivity contribution in [2.45, 2.75) is 58.7 Å². The molecule has 0 fully saturated rings. The highest BCUT2D eigenvalue weighted by Gasteiger charge is 2.16. The molecule has 1 heterocycles. The molecule has 224 valence electrons. The summed E-state index contributed by atoms with van der Waals surface area (Å²) in [5.41, 5.74) is 0.698. The summed E-state index contributed by atoms with van der Waals surface area (Å²) in [5, 5.41) is 41.4. The smallest absolute Gasteiger partial charge is 0.167 e. The summed E-state index contributed by atoms with van der Waals surface area (Å²) < 4.78 is 22.0. The van der Waals surface area contributed by atoms with E-state index in [-0.39, 0.29) is 49.6 Å². The lowest BCUT2D eigenvalue weighted by Gasteiger charge is -2.14. The monoisotopic (exact) mass is 571 g/mol. The first-order valence-electron chi connectivity index (χ1n) is 14.0. The molecule has 0 amide bonds. The maximum atomic E-state index is 10.7. The number of aryl methyl sites for hydroxylation is 1. The lowest BCUT2D eigenvalue weighted by atomic mass is 10.1. The molecule has 4 N–H and O–H groups in total. The number of phenols is 2. The fourth-order valence-corrected chi connectivity index (χ4v) is 3.72. The van der Waals surface area contributed by atoms with Crippen LogP contribution in [-0.4, -0.2) is 87.2 Å². The van der Waals surface area contributed by atoms with Gasteiger partial charge in [0.25, 0.3) is 0 Å². The van der Waals surface area contributed by atoms with E-state index in [2.05, 4.69) is 28.8 Å². The van der Waals surface area contributed by atoms with Crippen LogP contribution in [0.25, 0.3) is 22.8 Å². The molecule has 2 unspecified atom stereocenters. The Balaban J connectivity index is 1.65. The van der Waals surface area contributed by atoms with Gasteiger partial charge in [-0.15, -0.1) is 0 Å². The largest absolute Gasteiger partial charge is 0.507 e. The minimum atomic E-state index is -0.790. The van der Waals surface area contributed by atoms with Gasteiger partial charge in [-0.2, -0.15) is 0 Å². The zero-order chi connectivity index (χ0) is 29.6. The number of hydrogen-bond donors (Lipinski definition) is 4. The van der Waals surface area contributed by atoms with E-state index < -0.39 is 12.2 Å². The van der Waals surface area contributed by atoms with Crippen LogP contribution in [0.5, 0.6) is 23.0 Å². The van der Waals surface area contributed by atoms with E-state index >= 15 is 0 Å². The summed E-state index contributed by atoms with van der Waals surface area (Å²) in [6.45, 7) is 7.38. The van der Waals surface area contributed by atoms with Crippen LogP contribution in [0.4, 0.5) is 0 Å². The Kier molecular flexibility index (Phi) is 13.0. The van der Waals surface area contributed by atoms with E-state index in [1.54, 1.807) is 31.2 Å². The molecule has 11 heteroatoms. The van der Waals surface area contributed by atoms with Crippen molar-refractivity contribution in [1.82, 2.24) is 15.0 Å². The number of ether oxygens (including phenoxy) is 4. The van der Waals surface area contributed by atoms with Gasteiger partial charge in [0.1, 0.15) is 54.2 Å². The first-order chi connectivity index (χ1) is 19.8. The average molecular weight is 572 g/mol. The number of unbranched alkanes of at least 4 members (excludes halogenated alkanes) is 2. The van der Waals surface area contributed by atoms with Gasteiger partial charge in [-0.05, 0) is 44.0 Å². The van der Waals surface area contributed by atoms with E-state index in [1.807, 2.05) is 0 Å². The quantitative estimate of drug-likeness (QED) is 0.163. The first kappa shape index (κ1) is 32.0. The molecule has 0 saturated heterocycles. The van der Waals surface area contributed by atoms with Gasteiger partial charge in [0.15, 0.2) is 11.6 Å². The van der Waals surface area contributed by atoms with E-state index in [9.17, 15) is 20.4 Å². The van der Waals surface area contributed by atoms with Gasteiger partial charge < -0.3 is 39.4 Å². The number of hydrogen-bond acceptors (Lipinski definition) is 11. The lowest BCUT2D eigenvalue weighted by molar-refractivity contribution is 0.0113. The third-order valence-corrected chi connectivity index (χ3v) is 5.96. The molecule has 0 aliphatic rings. The van der Waals surface area contributed by atoms with Crippen LogP contribution in [0.3, 0.4) is 0 Å². The number of phenolic OH excluding ortho intramolecular Hbond substituents is 2. The Morgan fingerprint density at radius 2 is 1.10 bits per heavy atom. The van der Waals surface area contributed by atoms with Crippen molar-refractivity contribution in [2.24, 2.45) is 0 Å². The van der Waals surface area contributed by atoms with Gasteiger partial charge in [0.2, 0.25) is 0 Å². The molecule has 2 aromatic carbocycles. The SMILES string of the molecule is CCCCOCC(O)COc1ccc(-c2nc(C)nc(-c3ccc(OCC(O)COCCCC)cc3O)n2)c(O)c1. The molecule has 0 aliphatic carbocycles. The number of aromatic nitrogens is 3. The topological polar surface area (TPSA) is 157 Å². The van der Waals surface area contributed by atoms with E-state index in [4.69, 9.17) is 18.9 Å². The van der Waals surface area contributed by atoms with Crippen molar-refractivity contribution in [1.29, 1.82) is 0 Å². The predicted molar refractivity (Wildman–Crippen MR) is 153 cm³/mol. The fraction of sp³-hybridized carbons (Fsp3) is 0.500. The molecule has 0 bridgehead atoms. The summed E-state index contributed by atoms with van der Waals surface area (Å²) in [6, 6.07) is 9.36. The summed E-state index contributed by atoms with van der Waals surface area (Å²) in [4.78, 5) is 13.2. The van der Waals surface area contributed by atoms with Crippen molar-refractivity contribution in [3.63, 3.8) is 0 Å². The normalized spacial score (nSPS) is 12.7. The molecule has 3 aromatic rings. The second kappa shape index (κ2) is 16.7. The van der Waals surface area contributed by atoms with Crippen LogP contribution in [0.2, 0.25) is 0 Å². The molecule has 41 heavy (non-hydrogen) atoms. The summed E-state index contributed by atoms with van der Waals surface area (Å²) >= 11 is 0.